The fourth-order valence-electron chi connectivity index (χ4n) is 2.13. The molecule has 4 nitrogen and oxygen atoms in total. The number of amides is 2. The zero-order chi connectivity index (χ0) is 14.0. The van der Waals surface area contributed by atoms with Crippen molar-refractivity contribution in [3.8, 4) is 0 Å². The molecule has 1 aliphatic heterocycles. The maximum atomic E-state index is 12.9. The van der Waals surface area contributed by atoms with Gasteiger partial charge in [-0.05, 0) is 32.0 Å². The summed E-state index contributed by atoms with van der Waals surface area (Å²) in [7, 11) is 0. The highest BCUT2D eigenvalue weighted by molar-refractivity contribution is 6.33. The molecule has 0 aromatic heterocycles. The van der Waals surface area contributed by atoms with Crippen LogP contribution in [0.5, 0.6) is 0 Å². The number of carbonyl (C=O) groups excluding carboxylic acids is 1. The van der Waals surface area contributed by atoms with Crippen molar-refractivity contribution < 1.29 is 13.9 Å². The Morgan fingerprint density at radius 2 is 2.05 bits per heavy atom. The molecular weight excluding hydrogens is 271 g/mol. The van der Waals surface area contributed by atoms with Crippen molar-refractivity contribution in [2.45, 2.75) is 26.1 Å². The Bertz CT molecular complexity index is 474. The highest BCUT2D eigenvalue weighted by atomic mass is 35.5. The quantitative estimate of drug-likeness (QED) is 0.862. The second-order valence-electron chi connectivity index (χ2n) is 4.72. The fraction of sp³-hybridized carbons (Fsp3) is 0.462. The summed E-state index contributed by atoms with van der Waals surface area (Å²) in [6, 6.07) is 3.62. The van der Waals surface area contributed by atoms with Gasteiger partial charge >= 0.3 is 6.03 Å². The van der Waals surface area contributed by atoms with Crippen molar-refractivity contribution in [2.75, 3.05) is 18.4 Å². The largest absolute Gasteiger partial charge is 0.372 e. The van der Waals surface area contributed by atoms with E-state index in [-0.39, 0.29) is 23.3 Å². The average molecular weight is 287 g/mol. The third-order valence-corrected chi connectivity index (χ3v) is 3.19. The van der Waals surface area contributed by atoms with Crippen LogP contribution < -0.4 is 5.32 Å². The summed E-state index contributed by atoms with van der Waals surface area (Å²) < 4.78 is 18.5. The Morgan fingerprint density at radius 1 is 1.42 bits per heavy atom. The first-order chi connectivity index (χ1) is 8.95. The van der Waals surface area contributed by atoms with Crippen molar-refractivity contribution in [1.29, 1.82) is 0 Å². The van der Waals surface area contributed by atoms with Crippen molar-refractivity contribution in [1.82, 2.24) is 4.90 Å². The molecular formula is C13H16ClFN2O2. The van der Waals surface area contributed by atoms with Crippen LogP contribution in [-0.4, -0.2) is 36.2 Å². The van der Waals surface area contributed by atoms with Gasteiger partial charge < -0.3 is 15.0 Å². The lowest BCUT2D eigenvalue weighted by Gasteiger charge is -2.35. The first-order valence-electron chi connectivity index (χ1n) is 6.12. The zero-order valence-corrected chi connectivity index (χ0v) is 11.6. The topological polar surface area (TPSA) is 41.6 Å². The normalized spacial score (nSPS) is 23.3. The maximum Gasteiger partial charge on any atom is 0.322 e. The number of nitrogens with zero attached hydrogens (tertiary/aromatic N) is 1. The zero-order valence-electron chi connectivity index (χ0n) is 10.8. The van der Waals surface area contributed by atoms with Crippen molar-refractivity contribution in [2.24, 2.45) is 0 Å². The van der Waals surface area contributed by atoms with E-state index in [2.05, 4.69) is 5.32 Å². The second-order valence-corrected chi connectivity index (χ2v) is 5.12. The predicted octanol–water partition coefficient (Wildman–Crippen LogP) is 3.12. The second kappa shape index (κ2) is 5.75. The molecule has 2 amide bonds. The SMILES string of the molecule is C[C@@H]1CN(C(=O)Nc2ccc(F)cc2Cl)C[C@@H](C)O1. The molecule has 0 aliphatic carbocycles. The number of carbonyl (C=O) groups is 1. The number of halogens is 2. The van der Waals surface area contributed by atoms with E-state index in [1.165, 1.54) is 18.2 Å². The van der Waals surface area contributed by atoms with Crippen LogP contribution in [0.2, 0.25) is 5.02 Å². The summed E-state index contributed by atoms with van der Waals surface area (Å²) in [5.74, 6) is -0.434. The van der Waals surface area contributed by atoms with E-state index in [9.17, 15) is 9.18 Å². The number of hydrogen-bond acceptors (Lipinski definition) is 2. The van der Waals surface area contributed by atoms with E-state index in [0.717, 1.165) is 0 Å². The number of morpholine rings is 1. The molecule has 1 aliphatic rings. The molecule has 0 spiro atoms. The molecule has 2 atom stereocenters. The third-order valence-electron chi connectivity index (χ3n) is 2.88. The standard InChI is InChI=1S/C13H16ClFN2O2/c1-8-6-17(7-9(2)19-8)13(18)16-12-4-3-10(15)5-11(12)14/h3-5,8-9H,6-7H2,1-2H3,(H,16,18)/t8-,9-/m1/s1. The molecule has 0 bridgehead atoms. The maximum absolute atomic E-state index is 12.9. The number of ether oxygens (including phenoxy) is 1. The number of hydrogen-bond donors (Lipinski definition) is 1. The summed E-state index contributed by atoms with van der Waals surface area (Å²) in [5, 5.41) is 2.86. The molecule has 1 aromatic rings. The smallest absolute Gasteiger partial charge is 0.322 e. The Labute approximate surface area is 116 Å². The molecule has 19 heavy (non-hydrogen) atoms. The van der Waals surface area contributed by atoms with Crippen LogP contribution >= 0.6 is 11.6 Å². The van der Waals surface area contributed by atoms with Crippen molar-refractivity contribution >= 4 is 23.3 Å². The Hall–Kier alpha value is -1.33. The molecule has 1 saturated heterocycles. The lowest BCUT2D eigenvalue weighted by atomic mass is 10.2. The molecule has 0 unspecified atom stereocenters. The van der Waals surface area contributed by atoms with Gasteiger partial charge in [-0.1, -0.05) is 11.6 Å². The van der Waals surface area contributed by atoms with Gasteiger partial charge in [-0.2, -0.15) is 0 Å². The average Bonchev–Trinajstić information content (AvgIpc) is 2.31. The molecule has 6 heteroatoms. The number of benzene rings is 1. The minimum atomic E-state index is -0.434. The first kappa shape index (κ1) is 14.1. The van der Waals surface area contributed by atoms with E-state index in [0.29, 0.717) is 18.8 Å². The Morgan fingerprint density at radius 3 is 2.63 bits per heavy atom. The summed E-state index contributed by atoms with van der Waals surface area (Å²) in [4.78, 5) is 13.8. The van der Waals surface area contributed by atoms with Gasteiger partial charge in [0.2, 0.25) is 0 Å². The molecule has 2 rings (SSSR count). The van der Waals surface area contributed by atoms with Gasteiger partial charge in [0.15, 0.2) is 0 Å². The molecule has 1 aromatic carbocycles. The lowest BCUT2D eigenvalue weighted by Crippen LogP contribution is -2.49. The van der Waals surface area contributed by atoms with Crippen molar-refractivity contribution in [3.05, 3.63) is 29.0 Å². The van der Waals surface area contributed by atoms with Crippen LogP contribution in [-0.2, 0) is 4.74 Å². The molecule has 104 valence electrons. The van der Waals surface area contributed by atoms with Crippen LogP contribution in [0.1, 0.15) is 13.8 Å². The minimum Gasteiger partial charge on any atom is -0.372 e. The predicted molar refractivity (Wildman–Crippen MR) is 72.0 cm³/mol. The summed E-state index contributed by atoms with van der Waals surface area (Å²) >= 11 is 5.87. The number of rotatable bonds is 1. The third kappa shape index (κ3) is 3.58. The van der Waals surface area contributed by atoms with E-state index in [4.69, 9.17) is 16.3 Å². The van der Waals surface area contributed by atoms with Gasteiger partial charge in [0, 0.05) is 13.1 Å². The van der Waals surface area contributed by atoms with E-state index >= 15 is 0 Å². The Balaban J connectivity index is 2.04. The monoisotopic (exact) mass is 286 g/mol. The first-order valence-corrected chi connectivity index (χ1v) is 6.50. The van der Waals surface area contributed by atoms with Crippen LogP contribution in [0, 0.1) is 5.82 Å². The summed E-state index contributed by atoms with van der Waals surface area (Å²) in [5.41, 5.74) is 0.403. The van der Waals surface area contributed by atoms with E-state index < -0.39 is 5.82 Å². The molecule has 1 N–H and O–H groups in total. The molecule has 0 radical (unpaired) electrons. The van der Waals surface area contributed by atoms with Gasteiger partial charge in [-0.25, -0.2) is 9.18 Å². The molecule has 0 saturated carbocycles. The van der Waals surface area contributed by atoms with E-state index in [1.54, 1.807) is 4.90 Å². The lowest BCUT2D eigenvalue weighted by molar-refractivity contribution is -0.0530. The number of anilines is 1. The number of urea groups is 1. The highest BCUT2D eigenvalue weighted by Gasteiger charge is 2.26. The summed E-state index contributed by atoms with van der Waals surface area (Å²) in [6.45, 7) is 4.88. The van der Waals surface area contributed by atoms with Gasteiger partial charge in [0.1, 0.15) is 5.82 Å². The summed E-state index contributed by atoms with van der Waals surface area (Å²) in [6.07, 6.45) is -0.00335. The van der Waals surface area contributed by atoms with Crippen molar-refractivity contribution in [3.63, 3.8) is 0 Å². The van der Waals surface area contributed by atoms with Crippen LogP contribution in [0.25, 0.3) is 0 Å². The number of nitrogens with one attached hydrogen (secondary N) is 1. The van der Waals surface area contributed by atoms with Crippen LogP contribution in [0.15, 0.2) is 18.2 Å². The minimum absolute atomic E-state index is 0.00168. The Kier molecular flexibility index (Phi) is 4.27. The van der Waals surface area contributed by atoms with Crippen LogP contribution in [0.3, 0.4) is 0 Å². The molecule has 1 heterocycles. The van der Waals surface area contributed by atoms with Crippen LogP contribution in [0.4, 0.5) is 14.9 Å². The van der Waals surface area contributed by atoms with E-state index in [1.807, 2.05) is 13.8 Å². The highest BCUT2D eigenvalue weighted by Crippen LogP contribution is 2.23. The van der Waals surface area contributed by atoms with Gasteiger partial charge in [-0.15, -0.1) is 0 Å². The van der Waals surface area contributed by atoms with Gasteiger partial charge in [0.25, 0.3) is 0 Å². The van der Waals surface area contributed by atoms with Gasteiger partial charge in [0.05, 0.1) is 22.9 Å². The fourth-order valence-corrected chi connectivity index (χ4v) is 2.34. The molecule has 1 fully saturated rings. The van der Waals surface area contributed by atoms with Gasteiger partial charge in [-0.3, -0.25) is 0 Å².